The largest absolute Gasteiger partial charge is 0.508 e. The predicted octanol–water partition coefficient (Wildman–Crippen LogP) is 10.3. The van der Waals surface area contributed by atoms with E-state index in [0.717, 1.165) is 38.5 Å². The van der Waals surface area contributed by atoms with E-state index in [1.54, 1.807) is 0 Å². The Morgan fingerprint density at radius 1 is 0.810 bits per heavy atom. The third kappa shape index (κ3) is 15.2. The van der Waals surface area contributed by atoms with E-state index >= 15 is 0 Å². The smallest absolute Gasteiger partial charge is 0.435 e. The van der Waals surface area contributed by atoms with Gasteiger partial charge in [-0.2, -0.15) is 0 Å². The van der Waals surface area contributed by atoms with Crippen molar-refractivity contribution in [1.29, 1.82) is 0 Å². The van der Waals surface area contributed by atoms with Gasteiger partial charge in [0.05, 0.1) is 12.9 Å². The van der Waals surface area contributed by atoms with E-state index in [-0.39, 0.29) is 24.4 Å². The molecule has 0 aromatic heterocycles. The summed E-state index contributed by atoms with van der Waals surface area (Å²) in [5.41, 5.74) is 3.81. The highest BCUT2D eigenvalue weighted by Crippen LogP contribution is 2.22. The van der Waals surface area contributed by atoms with Crippen LogP contribution in [0, 0.1) is 5.92 Å². The lowest BCUT2D eigenvalue weighted by Gasteiger charge is -2.18. The molecule has 0 bridgehead atoms. The molecule has 3 atom stereocenters. The van der Waals surface area contributed by atoms with Crippen LogP contribution < -0.4 is 0 Å². The Morgan fingerprint density at radius 2 is 1.55 bits per heavy atom. The molecule has 0 heterocycles. The third-order valence-electron chi connectivity index (χ3n) is 7.83. The van der Waals surface area contributed by atoms with Crippen molar-refractivity contribution in [3.63, 3.8) is 0 Å². The van der Waals surface area contributed by atoms with Gasteiger partial charge in [-0.3, -0.25) is 4.79 Å². The van der Waals surface area contributed by atoms with Crippen LogP contribution in [0.2, 0.25) is 0 Å². The number of esters is 1. The number of unbranched alkanes of at least 4 members (excludes halogenated alkanes) is 4. The Hall–Kier alpha value is -3.08. The summed E-state index contributed by atoms with van der Waals surface area (Å²) in [6, 6.07) is 18.9. The Labute approximate surface area is 255 Å². The zero-order chi connectivity index (χ0) is 30.6. The molecule has 232 valence electrons. The fourth-order valence-corrected chi connectivity index (χ4v) is 4.84. The highest BCUT2D eigenvalue weighted by Gasteiger charge is 2.18. The lowest BCUT2D eigenvalue weighted by molar-refractivity contribution is -0.138. The molecule has 42 heavy (non-hydrogen) atoms. The summed E-state index contributed by atoms with van der Waals surface area (Å²) in [6.45, 7) is 11.1. The van der Waals surface area contributed by atoms with E-state index in [2.05, 4.69) is 83.1 Å². The van der Waals surface area contributed by atoms with Crippen molar-refractivity contribution in [3.8, 4) is 0 Å². The summed E-state index contributed by atoms with van der Waals surface area (Å²) < 4.78 is 16.5. The van der Waals surface area contributed by atoms with Crippen molar-refractivity contribution in [2.75, 3.05) is 6.61 Å². The lowest BCUT2D eigenvalue weighted by atomic mass is 9.95. The first-order valence-corrected chi connectivity index (χ1v) is 16.1. The second-order valence-electron chi connectivity index (χ2n) is 11.9. The van der Waals surface area contributed by atoms with Crippen LogP contribution in [0.4, 0.5) is 4.79 Å². The van der Waals surface area contributed by atoms with Crippen molar-refractivity contribution in [1.82, 2.24) is 0 Å². The molecule has 5 heteroatoms. The molecule has 0 saturated heterocycles. The summed E-state index contributed by atoms with van der Waals surface area (Å²) in [4.78, 5) is 24.9. The van der Waals surface area contributed by atoms with Gasteiger partial charge in [0.25, 0.3) is 0 Å². The first-order chi connectivity index (χ1) is 20.3. The van der Waals surface area contributed by atoms with E-state index in [1.165, 1.54) is 42.2 Å². The van der Waals surface area contributed by atoms with Gasteiger partial charge in [-0.25, -0.2) is 4.79 Å². The van der Waals surface area contributed by atoms with E-state index < -0.39 is 6.16 Å². The normalized spacial score (nSPS) is 13.6. The fraction of sp³-hybridized carbons (Fsp3) is 0.568. The zero-order valence-electron chi connectivity index (χ0n) is 26.7. The number of benzene rings is 2. The number of carbonyl (C=O) groups excluding carboxylic acids is 2. The van der Waals surface area contributed by atoms with E-state index in [4.69, 9.17) is 14.2 Å². The Bertz CT molecular complexity index is 1050. The molecule has 0 N–H and O–H groups in total. The average Bonchev–Trinajstić information content (AvgIpc) is 2.99. The fourth-order valence-electron chi connectivity index (χ4n) is 4.84. The van der Waals surface area contributed by atoms with E-state index in [1.807, 2.05) is 12.1 Å². The van der Waals surface area contributed by atoms with Crippen LogP contribution in [0.25, 0.3) is 0 Å². The Kier molecular flexibility index (Phi) is 17.3. The molecule has 0 fully saturated rings. The van der Waals surface area contributed by atoms with Crippen LogP contribution in [0.3, 0.4) is 0 Å². The summed E-state index contributed by atoms with van der Waals surface area (Å²) in [5, 5.41) is 0. The van der Waals surface area contributed by atoms with Gasteiger partial charge in [-0.15, -0.1) is 0 Å². The SMILES string of the molecule is CCCCCCCC(CCC(=O)OC=CC(C)c1cccc(C(C)C)c1)OC(=O)OCCC(C)CCc1ccccc1. The lowest BCUT2D eigenvalue weighted by Crippen LogP contribution is -2.21. The molecular weight excluding hydrogens is 524 g/mol. The maximum Gasteiger partial charge on any atom is 0.508 e. The highest BCUT2D eigenvalue weighted by atomic mass is 16.7. The molecule has 3 unspecified atom stereocenters. The molecule has 0 aliphatic heterocycles. The molecule has 0 spiro atoms. The van der Waals surface area contributed by atoms with Gasteiger partial charge in [0.2, 0.25) is 0 Å². The number of aryl methyl sites for hydroxylation is 1. The van der Waals surface area contributed by atoms with Crippen molar-refractivity contribution in [2.45, 2.75) is 123 Å². The summed E-state index contributed by atoms with van der Waals surface area (Å²) in [6.07, 6.45) is 12.2. The molecule has 0 saturated carbocycles. The van der Waals surface area contributed by atoms with Gasteiger partial charge in [-0.05, 0) is 73.1 Å². The predicted molar refractivity (Wildman–Crippen MR) is 172 cm³/mol. The van der Waals surface area contributed by atoms with Crippen LogP contribution in [0.1, 0.15) is 127 Å². The third-order valence-corrected chi connectivity index (χ3v) is 7.83. The first kappa shape index (κ1) is 35.1. The van der Waals surface area contributed by atoms with Gasteiger partial charge in [-0.1, -0.05) is 115 Å². The number of rotatable bonds is 20. The van der Waals surface area contributed by atoms with Crippen molar-refractivity contribution >= 4 is 12.1 Å². The standard InChI is InChI=1S/C37H54O5/c1-6-7-8-9-13-19-35(42-37(39)41-26-24-30(4)20-21-32-15-11-10-12-16-32)22-23-36(38)40-27-25-31(5)34-18-14-17-33(28-34)29(2)3/h10-12,14-18,25,27-31,35H,6-9,13,19-24,26H2,1-5H3. The summed E-state index contributed by atoms with van der Waals surface area (Å²) >= 11 is 0. The maximum absolute atomic E-state index is 12.5. The summed E-state index contributed by atoms with van der Waals surface area (Å²) in [7, 11) is 0. The van der Waals surface area contributed by atoms with Crippen LogP contribution >= 0.6 is 0 Å². The topological polar surface area (TPSA) is 61.8 Å². The Balaban J connectivity index is 1.76. The van der Waals surface area contributed by atoms with Crippen molar-refractivity contribution < 1.29 is 23.8 Å². The number of ether oxygens (including phenoxy) is 3. The van der Waals surface area contributed by atoms with Gasteiger partial charge in [0, 0.05) is 12.3 Å². The maximum atomic E-state index is 12.5. The van der Waals surface area contributed by atoms with E-state index in [9.17, 15) is 9.59 Å². The zero-order valence-corrected chi connectivity index (χ0v) is 26.7. The number of hydrogen-bond donors (Lipinski definition) is 0. The summed E-state index contributed by atoms with van der Waals surface area (Å²) in [5.74, 6) is 0.713. The molecule has 0 aliphatic rings. The minimum absolute atomic E-state index is 0.131. The second-order valence-corrected chi connectivity index (χ2v) is 11.9. The monoisotopic (exact) mass is 578 g/mol. The molecule has 0 radical (unpaired) electrons. The molecule has 2 aromatic rings. The molecule has 5 nitrogen and oxygen atoms in total. The molecule has 0 aliphatic carbocycles. The van der Waals surface area contributed by atoms with Crippen LogP contribution in [-0.4, -0.2) is 24.8 Å². The minimum Gasteiger partial charge on any atom is -0.435 e. The number of hydrogen-bond acceptors (Lipinski definition) is 5. The Morgan fingerprint density at radius 3 is 2.29 bits per heavy atom. The molecule has 2 rings (SSSR count). The number of allylic oxidation sites excluding steroid dienone is 1. The first-order valence-electron chi connectivity index (χ1n) is 16.1. The van der Waals surface area contributed by atoms with Gasteiger partial charge < -0.3 is 14.2 Å². The molecular formula is C37H54O5. The highest BCUT2D eigenvalue weighted by molar-refractivity contribution is 5.70. The van der Waals surface area contributed by atoms with Crippen LogP contribution in [0.15, 0.2) is 66.9 Å². The van der Waals surface area contributed by atoms with Gasteiger partial charge >= 0.3 is 12.1 Å². The van der Waals surface area contributed by atoms with Gasteiger partial charge in [0.1, 0.15) is 6.10 Å². The average molecular weight is 579 g/mol. The van der Waals surface area contributed by atoms with Crippen molar-refractivity contribution in [2.24, 2.45) is 5.92 Å². The minimum atomic E-state index is -0.644. The van der Waals surface area contributed by atoms with Gasteiger partial charge in [0.15, 0.2) is 0 Å². The van der Waals surface area contributed by atoms with Crippen LogP contribution in [-0.2, 0) is 25.4 Å². The van der Waals surface area contributed by atoms with Crippen LogP contribution in [0.5, 0.6) is 0 Å². The second kappa shape index (κ2) is 20.7. The number of carbonyl (C=O) groups is 2. The molecule has 0 amide bonds. The van der Waals surface area contributed by atoms with E-state index in [0.29, 0.717) is 24.9 Å². The quantitative estimate of drug-likeness (QED) is 0.0888. The molecule has 2 aromatic carbocycles. The van der Waals surface area contributed by atoms with Crippen molar-refractivity contribution in [3.05, 3.63) is 83.6 Å².